The van der Waals surface area contributed by atoms with Gasteiger partial charge in [-0.25, -0.2) is 13.1 Å². The number of aryl methyl sites for hydroxylation is 1. The highest BCUT2D eigenvalue weighted by atomic mass is 32.2. The monoisotopic (exact) mass is 361 g/mol. The van der Waals surface area contributed by atoms with E-state index in [1.54, 1.807) is 12.1 Å². The van der Waals surface area contributed by atoms with Crippen LogP contribution in [0.3, 0.4) is 0 Å². The quantitative estimate of drug-likeness (QED) is 0.845. The summed E-state index contributed by atoms with van der Waals surface area (Å²) in [6, 6.07) is 7.79. The van der Waals surface area contributed by atoms with Crippen LogP contribution in [0.15, 0.2) is 35.2 Å². The fourth-order valence-electron chi connectivity index (χ4n) is 2.44. The maximum absolute atomic E-state index is 12.3. The summed E-state index contributed by atoms with van der Waals surface area (Å²) in [6.45, 7) is 1.97. The molecule has 25 heavy (non-hydrogen) atoms. The molecule has 1 heterocycles. The number of carbonyl (C=O) groups is 1. The second-order valence-corrected chi connectivity index (χ2v) is 7.57. The van der Waals surface area contributed by atoms with E-state index in [2.05, 4.69) is 10.2 Å². The molecule has 2 aromatic rings. The summed E-state index contributed by atoms with van der Waals surface area (Å²) in [7, 11) is -2.49. The lowest BCUT2D eigenvalue weighted by Gasteiger charge is -2.09. The summed E-state index contributed by atoms with van der Waals surface area (Å²) in [4.78, 5) is 12.3. The lowest BCUT2D eigenvalue weighted by atomic mass is 10.2. The predicted molar refractivity (Wildman–Crippen MR) is 91.0 cm³/mol. The molecule has 1 amide bonds. The molecular formula is C17H19N3O4S. The van der Waals surface area contributed by atoms with Crippen LogP contribution in [0.2, 0.25) is 0 Å². The van der Waals surface area contributed by atoms with Crippen LogP contribution in [0.25, 0.3) is 0 Å². The number of aromatic nitrogens is 2. The molecule has 3 rings (SSSR count). The van der Waals surface area contributed by atoms with Gasteiger partial charge < -0.3 is 4.74 Å². The molecule has 0 radical (unpaired) electrons. The second kappa shape index (κ2) is 6.79. The zero-order chi connectivity index (χ0) is 18.0. The van der Waals surface area contributed by atoms with E-state index >= 15 is 0 Å². The normalized spacial score (nSPS) is 14.2. The number of ether oxygens (including phenoxy) is 1. The van der Waals surface area contributed by atoms with Gasteiger partial charge in [-0.2, -0.15) is 5.10 Å². The summed E-state index contributed by atoms with van der Waals surface area (Å²) in [5.74, 6) is -0.0829. The van der Waals surface area contributed by atoms with Gasteiger partial charge in [0.1, 0.15) is 11.4 Å². The van der Waals surface area contributed by atoms with Gasteiger partial charge in [-0.15, -0.1) is 5.10 Å². The van der Waals surface area contributed by atoms with Crippen LogP contribution in [0.1, 0.15) is 47.4 Å². The molecule has 0 unspecified atom stereocenters. The Kier molecular flexibility index (Phi) is 4.71. The molecule has 1 saturated carbocycles. The van der Waals surface area contributed by atoms with Crippen molar-refractivity contribution in [3.8, 4) is 5.75 Å². The first-order chi connectivity index (χ1) is 11.9. The van der Waals surface area contributed by atoms with Crippen molar-refractivity contribution < 1.29 is 17.9 Å². The van der Waals surface area contributed by atoms with Crippen molar-refractivity contribution >= 4 is 15.9 Å². The van der Waals surface area contributed by atoms with Crippen LogP contribution in [0.5, 0.6) is 5.75 Å². The van der Waals surface area contributed by atoms with Crippen molar-refractivity contribution in [1.82, 2.24) is 14.9 Å². The van der Waals surface area contributed by atoms with Crippen molar-refractivity contribution in [2.75, 3.05) is 7.11 Å². The number of rotatable bonds is 6. The first-order valence-corrected chi connectivity index (χ1v) is 9.50. The lowest BCUT2D eigenvalue weighted by molar-refractivity contribution is 0.0975. The number of benzene rings is 1. The van der Waals surface area contributed by atoms with Gasteiger partial charge in [0.15, 0.2) is 5.69 Å². The minimum atomic E-state index is -3.97. The smallest absolute Gasteiger partial charge is 0.285 e. The molecular weight excluding hydrogens is 342 g/mol. The van der Waals surface area contributed by atoms with Crippen molar-refractivity contribution in [2.24, 2.45) is 0 Å². The van der Waals surface area contributed by atoms with E-state index in [1.165, 1.54) is 25.3 Å². The molecule has 1 aliphatic rings. The molecule has 1 aliphatic carbocycles. The molecule has 0 bridgehead atoms. The van der Waals surface area contributed by atoms with Crippen LogP contribution in [-0.2, 0) is 16.4 Å². The fraction of sp³-hybridized carbons (Fsp3) is 0.353. The summed E-state index contributed by atoms with van der Waals surface area (Å²) in [5.41, 5.74) is 1.61. The molecule has 0 spiro atoms. The summed E-state index contributed by atoms with van der Waals surface area (Å²) in [5, 5.41) is 7.87. The average molecular weight is 361 g/mol. The average Bonchev–Trinajstić information content (AvgIpc) is 3.45. The van der Waals surface area contributed by atoms with E-state index in [-0.39, 0.29) is 10.6 Å². The Balaban J connectivity index is 1.80. The van der Waals surface area contributed by atoms with Gasteiger partial charge in [-0.05, 0) is 37.0 Å². The van der Waals surface area contributed by atoms with Crippen LogP contribution >= 0.6 is 0 Å². The molecule has 1 N–H and O–H groups in total. The summed E-state index contributed by atoms with van der Waals surface area (Å²) >= 11 is 0. The summed E-state index contributed by atoms with van der Waals surface area (Å²) in [6.07, 6.45) is 2.83. The molecule has 0 atom stereocenters. The number of nitrogens with one attached hydrogen (secondary N) is 1. The maximum atomic E-state index is 12.3. The number of amides is 1. The molecule has 7 nitrogen and oxygen atoms in total. The standard InChI is InChI=1S/C17H19N3O4S/c1-3-11-4-8-13(9-5-11)25(22,23)20-17(21)14-10-15(24-2)16(19-18-14)12-6-7-12/h4-5,8-10,12H,3,6-7H2,1-2H3,(H,20,21). The highest BCUT2D eigenvalue weighted by Gasteiger charge is 2.30. The molecule has 1 fully saturated rings. The van der Waals surface area contributed by atoms with Gasteiger partial charge in [-0.3, -0.25) is 4.79 Å². The third kappa shape index (κ3) is 3.79. The third-order valence-electron chi connectivity index (χ3n) is 4.07. The predicted octanol–water partition coefficient (Wildman–Crippen LogP) is 2.04. The van der Waals surface area contributed by atoms with E-state index in [9.17, 15) is 13.2 Å². The molecule has 1 aromatic heterocycles. The Morgan fingerprint density at radius 1 is 1.24 bits per heavy atom. The Bertz CT molecular complexity index is 891. The van der Waals surface area contributed by atoms with Crippen molar-refractivity contribution in [3.63, 3.8) is 0 Å². The first-order valence-electron chi connectivity index (χ1n) is 8.02. The lowest BCUT2D eigenvalue weighted by Crippen LogP contribution is -2.31. The van der Waals surface area contributed by atoms with Crippen molar-refractivity contribution in [2.45, 2.75) is 37.0 Å². The minimum absolute atomic E-state index is 0.0209. The maximum Gasteiger partial charge on any atom is 0.285 e. The van der Waals surface area contributed by atoms with Crippen LogP contribution in [0.4, 0.5) is 0 Å². The Hall–Kier alpha value is -2.48. The first kappa shape index (κ1) is 17.3. The van der Waals surface area contributed by atoms with E-state index in [4.69, 9.17) is 4.74 Å². The largest absolute Gasteiger partial charge is 0.495 e. The van der Waals surface area contributed by atoms with E-state index in [0.717, 1.165) is 24.8 Å². The van der Waals surface area contributed by atoms with Gasteiger partial charge in [0.25, 0.3) is 15.9 Å². The molecule has 1 aromatic carbocycles. The van der Waals surface area contributed by atoms with Gasteiger partial charge in [-0.1, -0.05) is 19.1 Å². The number of carbonyl (C=O) groups excluding carboxylic acids is 1. The zero-order valence-corrected chi connectivity index (χ0v) is 14.8. The van der Waals surface area contributed by atoms with Crippen molar-refractivity contribution in [1.29, 1.82) is 0 Å². The fourth-order valence-corrected chi connectivity index (χ4v) is 3.40. The Morgan fingerprint density at radius 3 is 2.48 bits per heavy atom. The third-order valence-corrected chi connectivity index (χ3v) is 5.42. The number of nitrogens with zero attached hydrogens (tertiary/aromatic N) is 2. The van der Waals surface area contributed by atoms with E-state index in [0.29, 0.717) is 17.4 Å². The Morgan fingerprint density at radius 2 is 1.92 bits per heavy atom. The van der Waals surface area contributed by atoms with Crippen LogP contribution < -0.4 is 9.46 Å². The molecule has 8 heteroatoms. The summed E-state index contributed by atoms with van der Waals surface area (Å²) < 4.78 is 32.0. The second-order valence-electron chi connectivity index (χ2n) is 5.89. The van der Waals surface area contributed by atoms with Crippen LogP contribution in [-0.4, -0.2) is 31.6 Å². The zero-order valence-electron chi connectivity index (χ0n) is 14.0. The van der Waals surface area contributed by atoms with E-state index in [1.807, 2.05) is 11.6 Å². The number of hydrogen-bond donors (Lipinski definition) is 1. The number of sulfonamides is 1. The molecule has 0 saturated heterocycles. The van der Waals surface area contributed by atoms with Gasteiger partial charge in [0, 0.05) is 12.0 Å². The SMILES string of the molecule is CCc1ccc(S(=O)(=O)NC(=O)c2cc(OC)c(C3CC3)nn2)cc1. The van der Waals surface area contributed by atoms with Gasteiger partial charge in [0.05, 0.1) is 12.0 Å². The molecule has 132 valence electrons. The Labute approximate surface area is 146 Å². The topological polar surface area (TPSA) is 98.2 Å². The van der Waals surface area contributed by atoms with E-state index < -0.39 is 15.9 Å². The minimum Gasteiger partial charge on any atom is -0.495 e. The van der Waals surface area contributed by atoms with Gasteiger partial charge >= 0.3 is 0 Å². The van der Waals surface area contributed by atoms with Crippen molar-refractivity contribution in [3.05, 3.63) is 47.3 Å². The number of hydrogen-bond acceptors (Lipinski definition) is 6. The molecule has 0 aliphatic heterocycles. The highest BCUT2D eigenvalue weighted by Crippen LogP contribution is 2.42. The van der Waals surface area contributed by atoms with Gasteiger partial charge in [0.2, 0.25) is 0 Å². The number of methoxy groups -OCH3 is 1. The highest BCUT2D eigenvalue weighted by molar-refractivity contribution is 7.90. The van der Waals surface area contributed by atoms with Crippen LogP contribution in [0, 0.1) is 0 Å².